The second-order valence-corrected chi connectivity index (χ2v) is 12.4. The Morgan fingerprint density at radius 1 is 0.538 bits per heavy atom. The Balaban J connectivity index is 1.26. The van der Waals surface area contributed by atoms with Crippen molar-refractivity contribution in [1.82, 2.24) is 0 Å². The van der Waals surface area contributed by atoms with E-state index in [0.717, 1.165) is 0 Å². The molecule has 7 N–H and O–H groups in total. The smallest absolute Gasteiger partial charge is 0.187 e. The molecule has 3 saturated heterocycles. The standard InChI is InChI=1S/C34H44O18/c1-44-29-21(14-46-18-7-3-16(11-35)4-8-18)50-34(27(42)23(29)38)51-30-20(13-37)48-33(28(43)25(30)40)52-31-22(49-32(45-2)26(41)24(31)39)15-47-19-9-5-17(12-36)6-10-19/h3-12,20-34,37-43H,13-15H2,1-2H3/t20?,21?,22?,23-,24-,25-,26?,27?,28?,29-,30-,31-,32-,33+,34+/m0/s1. The van der Waals surface area contributed by atoms with Crippen molar-refractivity contribution >= 4 is 12.6 Å². The average molecular weight is 741 g/mol. The molecule has 0 amide bonds. The molecule has 18 nitrogen and oxygen atoms in total. The Kier molecular flexibility index (Phi) is 14.0. The van der Waals surface area contributed by atoms with Crippen LogP contribution in [0.2, 0.25) is 0 Å². The topological polar surface area (TPSA) is 259 Å². The highest BCUT2D eigenvalue weighted by atomic mass is 16.8. The summed E-state index contributed by atoms with van der Waals surface area (Å²) in [5, 5.41) is 75.9. The van der Waals surface area contributed by atoms with Crippen molar-refractivity contribution in [2.24, 2.45) is 0 Å². The quantitative estimate of drug-likeness (QED) is 0.0934. The molecule has 0 radical (unpaired) electrons. The molecule has 288 valence electrons. The highest BCUT2D eigenvalue weighted by Crippen LogP contribution is 2.33. The maximum Gasteiger partial charge on any atom is 0.187 e. The molecule has 0 saturated carbocycles. The third-order valence-corrected chi connectivity index (χ3v) is 9.05. The van der Waals surface area contributed by atoms with Gasteiger partial charge in [0.2, 0.25) is 0 Å². The third-order valence-electron chi connectivity index (χ3n) is 9.05. The van der Waals surface area contributed by atoms with Crippen LogP contribution in [0.4, 0.5) is 0 Å². The molecule has 5 rings (SSSR count). The Hall–Kier alpha value is -3.18. The molecule has 2 aromatic carbocycles. The number of carbonyl (C=O) groups excluding carboxylic acids is 2. The first-order valence-electron chi connectivity index (χ1n) is 16.4. The van der Waals surface area contributed by atoms with E-state index in [1.54, 1.807) is 12.1 Å². The Bertz CT molecular complexity index is 1410. The Morgan fingerprint density at radius 2 is 0.923 bits per heavy atom. The lowest BCUT2D eigenvalue weighted by molar-refractivity contribution is -0.378. The lowest BCUT2D eigenvalue weighted by Gasteiger charge is -2.48. The predicted molar refractivity (Wildman–Crippen MR) is 171 cm³/mol. The highest BCUT2D eigenvalue weighted by Gasteiger charge is 2.54. The van der Waals surface area contributed by atoms with E-state index in [-0.39, 0.29) is 13.2 Å². The van der Waals surface area contributed by atoms with Gasteiger partial charge in [0.15, 0.2) is 18.9 Å². The molecule has 2 aromatic rings. The van der Waals surface area contributed by atoms with Crippen molar-refractivity contribution in [3.63, 3.8) is 0 Å². The van der Waals surface area contributed by atoms with Crippen molar-refractivity contribution in [1.29, 1.82) is 0 Å². The number of aliphatic hydroxyl groups excluding tert-OH is 7. The van der Waals surface area contributed by atoms with Crippen LogP contribution in [0.3, 0.4) is 0 Å². The maximum absolute atomic E-state index is 11.2. The number of rotatable bonds is 15. The summed E-state index contributed by atoms with van der Waals surface area (Å²) in [6, 6.07) is 12.3. The fraction of sp³-hybridized carbons (Fsp3) is 0.588. The molecule has 18 heteroatoms. The lowest BCUT2D eigenvalue weighted by Crippen LogP contribution is -2.67. The summed E-state index contributed by atoms with van der Waals surface area (Å²) in [5.41, 5.74) is 0.841. The van der Waals surface area contributed by atoms with Gasteiger partial charge in [-0.15, -0.1) is 0 Å². The molecule has 3 aliphatic heterocycles. The van der Waals surface area contributed by atoms with Crippen LogP contribution in [-0.4, -0.2) is 174 Å². The van der Waals surface area contributed by atoms with Crippen molar-refractivity contribution in [3.05, 3.63) is 59.7 Å². The number of benzene rings is 2. The van der Waals surface area contributed by atoms with E-state index in [4.69, 9.17) is 42.6 Å². The van der Waals surface area contributed by atoms with Gasteiger partial charge in [0, 0.05) is 25.3 Å². The first-order valence-corrected chi connectivity index (χ1v) is 16.4. The zero-order chi connectivity index (χ0) is 37.5. The van der Waals surface area contributed by atoms with Crippen molar-refractivity contribution in [3.8, 4) is 11.5 Å². The van der Waals surface area contributed by atoms with Crippen molar-refractivity contribution < 1.29 is 88.0 Å². The zero-order valence-electron chi connectivity index (χ0n) is 28.2. The third kappa shape index (κ3) is 8.95. The molecular weight excluding hydrogens is 696 g/mol. The van der Waals surface area contributed by atoms with Gasteiger partial charge in [-0.2, -0.15) is 0 Å². The molecule has 3 fully saturated rings. The van der Waals surface area contributed by atoms with Crippen LogP contribution in [0.5, 0.6) is 11.5 Å². The van der Waals surface area contributed by atoms with Crippen LogP contribution < -0.4 is 9.47 Å². The molecule has 0 spiro atoms. The van der Waals surface area contributed by atoms with E-state index in [9.17, 15) is 45.3 Å². The van der Waals surface area contributed by atoms with Crippen LogP contribution in [-0.2, 0) is 33.2 Å². The summed E-state index contributed by atoms with van der Waals surface area (Å²) in [4.78, 5) is 22.0. The van der Waals surface area contributed by atoms with Crippen LogP contribution in [0.1, 0.15) is 20.7 Å². The number of ether oxygens (including phenoxy) is 9. The minimum atomic E-state index is -1.90. The summed E-state index contributed by atoms with van der Waals surface area (Å²) in [6.45, 7) is -1.28. The van der Waals surface area contributed by atoms with Gasteiger partial charge in [-0.25, -0.2) is 0 Å². The second kappa shape index (κ2) is 18.2. The summed E-state index contributed by atoms with van der Waals surface area (Å²) in [6.07, 6.45) is -21.4. The van der Waals surface area contributed by atoms with E-state index in [1.165, 1.54) is 50.6 Å². The minimum Gasteiger partial charge on any atom is -0.491 e. The Morgan fingerprint density at radius 3 is 1.35 bits per heavy atom. The molecule has 0 aliphatic carbocycles. The molecule has 52 heavy (non-hydrogen) atoms. The fourth-order valence-corrected chi connectivity index (χ4v) is 6.13. The summed E-state index contributed by atoms with van der Waals surface area (Å²) < 4.78 is 51.1. The number of carbonyl (C=O) groups is 2. The molecule has 3 aliphatic rings. The van der Waals surface area contributed by atoms with Gasteiger partial charge < -0.3 is 78.4 Å². The van der Waals surface area contributed by atoms with Gasteiger partial charge in [0.05, 0.1) is 6.61 Å². The second-order valence-electron chi connectivity index (χ2n) is 12.4. The zero-order valence-corrected chi connectivity index (χ0v) is 28.2. The van der Waals surface area contributed by atoms with E-state index in [2.05, 4.69) is 0 Å². The van der Waals surface area contributed by atoms with Gasteiger partial charge in [0.1, 0.15) is 111 Å². The summed E-state index contributed by atoms with van der Waals surface area (Å²) in [5.74, 6) is 0.705. The number of aldehydes is 2. The number of aliphatic hydroxyl groups is 7. The van der Waals surface area contributed by atoms with Gasteiger partial charge in [-0.05, 0) is 48.5 Å². The van der Waals surface area contributed by atoms with E-state index in [1.807, 2.05) is 0 Å². The van der Waals surface area contributed by atoms with E-state index in [0.29, 0.717) is 35.2 Å². The van der Waals surface area contributed by atoms with Gasteiger partial charge >= 0.3 is 0 Å². The van der Waals surface area contributed by atoms with Crippen molar-refractivity contribution in [2.45, 2.75) is 92.1 Å². The first kappa shape index (κ1) is 40.0. The molecule has 0 aromatic heterocycles. The molecule has 0 bridgehead atoms. The van der Waals surface area contributed by atoms with Crippen molar-refractivity contribution in [2.75, 3.05) is 34.0 Å². The van der Waals surface area contributed by atoms with Gasteiger partial charge in [0.25, 0.3) is 0 Å². The monoisotopic (exact) mass is 740 g/mol. The van der Waals surface area contributed by atoms with E-state index < -0.39 is 98.7 Å². The molecular formula is C34H44O18. The highest BCUT2D eigenvalue weighted by molar-refractivity contribution is 5.75. The van der Waals surface area contributed by atoms with E-state index >= 15 is 0 Å². The fourth-order valence-electron chi connectivity index (χ4n) is 6.13. The van der Waals surface area contributed by atoms with Crippen LogP contribution in [0, 0.1) is 0 Å². The number of methoxy groups -OCH3 is 2. The lowest BCUT2D eigenvalue weighted by atomic mass is 9.96. The van der Waals surface area contributed by atoms with Crippen LogP contribution in [0.15, 0.2) is 48.5 Å². The molecule has 3 heterocycles. The average Bonchev–Trinajstić information content (AvgIpc) is 3.17. The predicted octanol–water partition coefficient (Wildman–Crippen LogP) is -2.47. The first-order chi connectivity index (χ1) is 25.0. The molecule has 15 atom stereocenters. The number of hydrogen-bond donors (Lipinski definition) is 7. The van der Waals surface area contributed by atoms with Gasteiger partial charge in [-0.1, -0.05) is 0 Å². The normalized spacial score (nSPS) is 38.0. The molecule has 6 unspecified atom stereocenters. The summed E-state index contributed by atoms with van der Waals surface area (Å²) >= 11 is 0. The maximum atomic E-state index is 11.2. The minimum absolute atomic E-state index is 0.204. The van der Waals surface area contributed by atoms with Crippen LogP contribution >= 0.6 is 0 Å². The SMILES string of the molecule is CO[C@H]1OC(COc2ccc(C=O)cc2)[C@H](O[C@H]2OC(CO)[C@H](O[C@H]3OC(COc4ccc(C=O)cc4)[C@H](OC)[C@@H](O)C3O)[C@@H](O)C2O)[C@@H](O)C1O. The van der Waals surface area contributed by atoms with Crippen LogP contribution in [0.25, 0.3) is 0 Å². The van der Waals surface area contributed by atoms with Gasteiger partial charge in [-0.3, -0.25) is 9.59 Å². The largest absolute Gasteiger partial charge is 0.491 e. The summed E-state index contributed by atoms with van der Waals surface area (Å²) in [7, 11) is 2.54. The Labute approximate surface area is 297 Å². The number of hydrogen-bond acceptors (Lipinski definition) is 18.